The van der Waals surface area contributed by atoms with Crippen LogP contribution in [0.5, 0.6) is 0 Å². The zero-order valence-electron chi connectivity index (χ0n) is 6.73. The lowest BCUT2D eigenvalue weighted by molar-refractivity contribution is 0.768. The van der Waals surface area contributed by atoms with Crippen LogP contribution < -0.4 is 0 Å². The molecule has 0 aliphatic carbocycles. The van der Waals surface area contributed by atoms with Crippen molar-refractivity contribution in [3.8, 4) is 11.3 Å². The maximum absolute atomic E-state index is 4.15. The predicted molar refractivity (Wildman–Crippen MR) is 45.3 cm³/mol. The van der Waals surface area contributed by atoms with E-state index < -0.39 is 0 Å². The molecule has 3 heteroatoms. The fourth-order valence-electron chi connectivity index (χ4n) is 1.04. The molecule has 2 aromatic heterocycles. The van der Waals surface area contributed by atoms with E-state index in [1.54, 1.807) is 17.1 Å². The van der Waals surface area contributed by atoms with Gasteiger partial charge in [-0.2, -0.15) is 5.10 Å². The van der Waals surface area contributed by atoms with Gasteiger partial charge in [-0.3, -0.25) is 9.67 Å². The zero-order chi connectivity index (χ0) is 8.39. The molecule has 0 aliphatic rings. The summed E-state index contributed by atoms with van der Waals surface area (Å²) < 4.78 is 1.76. The van der Waals surface area contributed by atoms with E-state index in [0.29, 0.717) is 0 Å². The number of hydrogen-bond acceptors (Lipinski definition) is 2. The van der Waals surface area contributed by atoms with Crippen molar-refractivity contribution in [2.45, 2.75) is 0 Å². The molecule has 3 nitrogen and oxygen atoms in total. The molecule has 0 N–H and O–H groups in total. The highest BCUT2D eigenvalue weighted by Gasteiger charge is 1.98. The van der Waals surface area contributed by atoms with Crippen LogP contribution in [0.15, 0.2) is 30.7 Å². The number of hydrogen-bond donors (Lipinski definition) is 0. The van der Waals surface area contributed by atoms with Crippen molar-refractivity contribution < 1.29 is 0 Å². The first kappa shape index (κ1) is 7.03. The summed E-state index contributed by atoms with van der Waals surface area (Å²) in [6, 6.07) is 6.63. The Labute approximate surface area is 70.7 Å². The average Bonchev–Trinajstić information content (AvgIpc) is 2.54. The third kappa shape index (κ3) is 1.21. The SMILES string of the molecule is Cn1cc(-c2cc[c]cn2)cn1. The fourth-order valence-corrected chi connectivity index (χ4v) is 1.04. The van der Waals surface area contributed by atoms with Crippen LogP contribution in [0.3, 0.4) is 0 Å². The maximum atomic E-state index is 4.15. The second-order valence-electron chi connectivity index (χ2n) is 2.55. The van der Waals surface area contributed by atoms with Crippen LogP contribution in [0.4, 0.5) is 0 Å². The lowest BCUT2D eigenvalue weighted by Gasteiger charge is -1.91. The smallest absolute Gasteiger partial charge is 0.0733 e. The summed E-state index contributed by atoms with van der Waals surface area (Å²) in [4.78, 5) is 4.15. The largest absolute Gasteiger partial charge is 0.275 e. The minimum atomic E-state index is 0.932. The van der Waals surface area contributed by atoms with Gasteiger partial charge in [0.1, 0.15) is 0 Å². The van der Waals surface area contributed by atoms with E-state index in [2.05, 4.69) is 16.1 Å². The molecule has 0 spiro atoms. The Bertz CT molecular complexity index is 364. The zero-order valence-corrected chi connectivity index (χ0v) is 6.73. The summed E-state index contributed by atoms with van der Waals surface area (Å²) >= 11 is 0. The molecule has 1 radical (unpaired) electrons. The molecule has 12 heavy (non-hydrogen) atoms. The lowest BCUT2D eigenvalue weighted by Crippen LogP contribution is -1.84. The number of nitrogens with zero attached hydrogens (tertiary/aromatic N) is 3. The second-order valence-corrected chi connectivity index (χ2v) is 2.55. The number of rotatable bonds is 1. The van der Waals surface area contributed by atoms with Crippen LogP contribution in [-0.2, 0) is 7.05 Å². The second kappa shape index (κ2) is 2.77. The molecule has 0 amide bonds. The van der Waals surface area contributed by atoms with E-state index in [0.717, 1.165) is 11.3 Å². The minimum Gasteiger partial charge on any atom is -0.275 e. The van der Waals surface area contributed by atoms with E-state index in [-0.39, 0.29) is 0 Å². The number of aromatic nitrogens is 3. The van der Waals surface area contributed by atoms with Crippen molar-refractivity contribution in [1.29, 1.82) is 0 Å². The standard InChI is InChI=1S/C9H8N3/c1-12-7-8(6-11-12)9-4-2-3-5-10-9/h2,4-7H,1H3. The van der Waals surface area contributed by atoms with Gasteiger partial charge in [0.25, 0.3) is 0 Å². The van der Waals surface area contributed by atoms with Gasteiger partial charge in [0, 0.05) is 31.1 Å². The Morgan fingerprint density at radius 2 is 2.42 bits per heavy atom. The molecule has 0 fully saturated rings. The Morgan fingerprint density at radius 3 is 3.00 bits per heavy atom. The van der Waals surface area contributed by atoms with E-state index in [1.807, 2.05) is 25.4 Å². The van der Waals surface area contributed by atoms with Gasteiger partial charge in [-0.25, -0.2) is 0 Å². The van der Waals surface area contributed by atoms with Crippen LogP contribution in [0.25, 0.3) is 11.3 Å². The Balaban J connectivity index is 2.45. The Hall–Kier alpha value is -1.64. The van der Waals surface area contributed by atoms with Gasteiger partial charge < -0.3 is 0 Å². The number of pyridine rings is 1. The van der Waals surface area contributed by atoms with Gasteiger partial charge in [-0.1, -0.05) is 6.07 Å². The molecule has 0 aromatic carbocycles. The summed E-state index contributed by atoms with van der Waals surface area (Å²) in [5.41, 5.74) is 1.97. The molecule has 2 aromatic rings. The summed E-state index contributed by atoms with van der Waals surface area (Å²) in [5.74, 6) is 0. The van der Waals surface area contributed by atoms with Crippen molar-refractivity contribution in [1.82, 2.24) is 14.8 Å². The molecule has 59 valence electrons. The topological polar surface area (TPSA) is 30.7 Å². The first-order chi connectivity index (χ1) is 5.86. The summed E-state index contributed by atoms with van der Waals surface area (Å²) in [6.07, 6.45) is 5.38. The molecular weight excluding hydrogens is 150 g/mol. The van der Waals surface area contributed by atoms with Crippen LogP contribution in [0.2, 0.25) is 0 Å². The summed E-state index contributed by atoms with van der Waals surface area (Å²) in [5, 5.41) is 4.06. The monoisotopic (exact) mass is 158 g/mol. The van der Waals surface area contributed by atoms with E-state index >= 15 is 0 Å². The Morgan fingerprint density at radius 1 is 1.50 bits per heavy atom. The van der Waals surface area contributed by atoms with Crippen LogP contribution in [0, 0.1) is 6.07 Å². The highest BCUT2D eigenvalue weighted by atomic mass is 15.2. The molecule has 0 aliphatic heterocycles. The molecule has 2 heterocycles. The van der Waals surface area contributed by atoms with Crippen LogP contribution in [-0.4, -0.2) is 14.8 Å². The van der Waals surface area contributed by atoms with Crippen molar-refractivity contribution in [2.75, 3.05) is 0 Å². The first-order valence-electron chi connectivity index (χ1n) is 3.67. The maximum Gasteiger partial charge on any atom is 0.0733 e. The van der Waals surface area contributed by atoms with Crippen molar-refractivity contribution in [3.05, 3.63) is 36.8 Å². The molecule has 2 rings (SSSR count). The molecular formula is C9H8N3. The summed E-state index contributed by atoms with van der Waals surface area (Å²) in [7, 11) is 1.89. The molecule has 0 saturated heterocycles. The van der Waals surface area contributed by atoms with Gasteiger partial charge in [0.05, 0.1) is 11.9 Å². The third-order valence-electron chi connectivity index (χ3n) is 1.62. The minimum absolute atomic E-state index is 0.932. The van der Waals surface area contributed by atoms with Crippen LogP contribution >= 0.6 is 0 Å². The Kier molecular flexibility index (Phi) is 1.63. The van der Waals surface area contributed by atoms with Gasteiger partial charge in [0.15, 0.2) is 0 Å². The van der Waals surface area contributed by atoms with Crippen LogP contribution in [0.1, 0.15) is 0 Å². The van der Waals surface area contributed by atoms with Gasteiger partial charge in [0.2, 0.25) is 0 Å². The normalized spacial score (nSPS) is 10.1. The fraction of sp³-hybridized carbons (Fsp3) is 0.111. The summed E-state index contributed by atoms with van der Waals surface area (Å²) in [6.45, 7) is 0. The molecule has 0 bridgehead atoms. The lowest BCUT2D eigenvalue weighted by atomic mass is 10.2. The molecule has 0 unspecified atom stereocenters. The third-order valence-corrected chi connectivity index (χ3v) is 1.62. The van der Waals surface area contributed by atoms with E-state index in [1.165, 1.54) is 0 Å². The highest BCUT2D eigenvalue weighted by Crippen LogP contribution is 2.13. The highest BCUT2D eigenvalue weighted by molar-refractivity contribution is 5.56. The quantitative estimate of drug-likeness (QED) is 0.626. The molecule has 0 saturated carbocycles. The van der Waals surface area contributed by atoms with Crippen molar-refractivity contribution in [3.63, 3.8) is 0 Å². The predicted octanol–water partition coefficient (Wildman–Crippen LogP) is 1.28. The number of aryl methyl sites for hydroxylation is 1. The molecule has 0 atom stereocenters. The van der Waals surface area contributed by atoms with Crippen molar-refractivity contribution >= 4 is 0 Å². The van der Waals surface area contributed by atoms with E-state index in [4.69, 9.17) is 0 Å². The van der Waals surface area contributed by atoms with Gasteiger partial charge >= 0.3 is 0 Å². The van der Waals surface area contributed by atoms with E-state index in [9.17, 15) is 0 Å². The van der Waals surface area contributed by atoms with Gasteiger partial charge in [-0.15, -0.1) is 0 Å². The van der Waals surface area contributed by atoms with Gasteiger partial charge in [-0.05, 0) is 6.07 Å². The first-order valence-corrected chi connectivity index (χ1v) is 3.67. The van der Waals surface area contributed by atoms with Crippen molar-refractivity contribution in [2.24, 2.45) is 7.05 Å². The average molecular weight is 158 g/mol.